The molecular formula is C17H20N4O2S2. The molecule has 3 rings (SSSR count). The minimum atomic E-state index is -3.61. The number of aromatic amines is 1. The van der Waals surface area contributed by atoms with Crippen LogP contribution in [0.5, 0.6) is 0 Å². The predicted molar refractivity (Wildman–Crippen MR) is 98.2 cm³/mol. The van der Waals surface area contributed by atoms with Crippen LogP contribution in [0.1, 0.15) is 32.4 Å². The topological polar surface area (TPSA) is 87.7 Å². The lowest BCUT2D eigenvalue weighted by atomic mass is 10.1. The molecule has 0 saturated heterocycles. The van der Waals surface area contributed by atoms with Gasteiger partial charge in [0.2, 0.25) is 10.0 Å². The molecule has 0 aliphatic heterocycles. The van der Waals surface area contributed by atoms with Crippen molar-refractivity contribution in [1.29, 1.82) is 0 Å². The second-order valence-corrected chi connectivity index (χ2v) is 8.87. The number of nitrogens with zero attached hydrogens (tertiary/aromatic N) is 2. The minimum Gasteiger partial charge on any atom is -0.281 e. The first kappa shape index (κ1) is 17.8. The normalized spacial score (nSPS) is 11.8. The lowest BCUT2D eigenvalue weighted by molar-refractivity contribution is 0.580. The van der Waals surface area contributed by atoms with Crippen molar-refractivity contribution in [3.05, 3.63) is 62.9 Å². The van der Waals surface area contributed by atoms with Crippen LogP contribution >= 0.6 is 11.3 Å². The van der Waals surface area contributed by atoms with Crippen LogP contribution in [0.25, 0.3) is 0 Å². The fraction of sp³-hybridized carbons (Fsp3) is 0.294. The molecular weight excluding hydrogens is 356 g/mol. The number of nitrogens with one attached hydrogen (secondary N) is 2. The highest BCUT2D eigenvalue weighted by molar-refractivity contribution is 7.89. The molecule has 2 N–H and O–H groups in total. The maximum absolute atomic E-state index is 12.4. The van der Waals surface area contributed by atoms with Gasteiger partial charge in [-0.05, 0) is 26.3 Å². The van der Waals surface area contributed by atoms with Gasteiger partial charge in [-0.25, -0.2) is 18.1 Å². The van der Waals surface area contributed by atoms with Crippen LogP contribution in [0.15, 0.2) is 35.4 Å². The van der Waals surface area contributed by atoms with E-state index in [9.17, 15) is 8.42 Å². The van der Waals surface area contributed by atoms with Crippen LogP contribution in [0.4, 0.5) is 0 Å². The molecule has 0 atom stereocenters. The summed E-state index contributed by atoms with van der Waals surface area (Å²) in [4.78, 5) is 5.64. The summed E-state index contributed by atoms with van der Waals surface area (Å²) in [6.45, 7) is 5.59. The van der Waals surface area contributed by atoms with Gasteiger partial charge in [-0.2, -0.15) is 5.10 Å². The van der Waals surface area contributed by atoms with E-state index in [4.69, 9.17) is 0 Å². The van der Waals surface area contributed by atoms with Crippen LogP contribution in [0, 0.1) is 20.8 Å². The molecule has 0 radical (unpaired) electrons. The van der Waals surface area contributed by atoms with Crippen molar-refractivity contribution in [1.82, 2.24) is 19.9 Å². The summed E-state index contributed by atoms with van der Waals surface area (Å²) in [5, 5.41) is 7.37. The highest BCUT2D eigenvalue weighted by Crippen LogP contribution is 2.20. The number of aryl methyl sites for hydroxylation is 3. The molecule has 0 bridgehead atoms. The van der Waals surface area contributed by atoms with Crippen LogP contribution < -0.4 is 4.72 Å². The van der Waals surface area contributed by atoms with Crippen molar-refractivity contribution in [3.8, 4) is 0 Å². The van der Waals surface area contributed by atoms with E-state index in [1.165, 1.54) is 22.5 Å². The number of hydrogen-bond acceptors (Lipinski definition) is 5. The molecule has 1 aromatic carbocycles. The first-order chi connectivity index (χ1) is 11.8. The SMILES string of the molecule is Cc1ccc(Cc2cnc(CNS(=O)(=O)c3c(C)n[nH]c3C)s2)cc1. The Bertz CT molecular complexity index is 953. The van der Waals surface area contributed by atoms with Crippen molar-refractivity contribution in [2.24, 2.45) is 0 Å². The molecule has 0 fully saturated rings. The molecule has 0 amide bonds. The van der Waals surface area contributed by atoms with Crippen molar-refractivity contribution >= 4 is 21.4 Å². The molecule has 0 saturated carbocycles. The summed E-state index contributed by atoms with van der Waals surface area (Å²) in [7, 11) is -3.61. The highest BCUT2D eigenvalue weighted by Gasteiger charge is 2.22. The summed E-state index contributed by atoms with van der Waals surface area (Å²) in [5.74, 6) is 0. The number of sulfonamides is 1. The number of H-pyrrole nitrogens is 1. The third kappa shape index (κ3) is 4.15. The Kier molecular flexibility index (Phi) is 5.03. The van der Waals surface area contributed by atoms with E-state index >= 15 is 0 Å². The molecule has 25 heavy (non-hydrogen) atoms. The first-order valence-electron chi connectivity index (χ1n) is 7.85. The zero-order valence-electron chi connectivity index (χ0n) is 14.3. The van der Waals surface area contributed by atoms with E-state index in [0.717, 1.165) is 16.3 Å². The quantitative estimate of drug-likeness (QED) is 0.692. The first-order valence-corrected chi connectivity index (χ1v) is 10.2. The Labute approximate surface area is 151 Å². The Morgan fingerprint density at radius 1 is 1.16 bits per heavy atom. The van der Waals surface area contributed by atoms with E-state index in [1.807, 2.05) is 6.20 Å². The Morgan fingerprint density at radius 2 is 1.88 bits per heavy atom. The third-order valence-electron chi connectivity index (χ3n) is 3.84. The number of aromatic nitrogens is 3. The zero-order chi connectivity index (χ0) is 18.0. The Morgan fingerprint density at radius 3 is 2.52 bits per heavy atom. The van der Waals surface area contributed by atoms with Crippen LogP contribution in [0.3, 0.4) is 0 Å². The lowest BCUT2D eigenvalue weighted by Crippen LogP contribution is -2.24. The number of benzene rings is 1. The van der Waals surface area contributed by atoms with Crippen molar-refractivity contribution in [2.75, 3.05) is 0 Å². The fourth-order valence-corrected chi connectivity index (χ4v) is 4.93. The Balaban J connectivity index is 1.66. The summed E-state index contributed by atoms with van der Waals surface area (Å²) in [5.41, 5.74) is 3.44. The van der Waals surface area contributed by atoms with Gasteiger partial charge in [0.05, 0.1) is 17.9 Å². The minimum absolute atomic E-state index is 0.172. The average molecular weight is 377 g/mol. The zero-order valence-corrected chi connectivity index (χ0v) is 16.0. The molecule has 0 spiro atoms. The smallest absolute Gasteiger partial charge is 0.244 e. The van der Waals surface area contributed by atoms with Gasteiger partial charge in [-0.15, -0.1) is 11.3 Å². The lowest BCUT2D eigenvalue weighted by Gasteiger charge is -2.05. The standard InChI is InChI=1S/C17H20N4O2S2/c1-11-4-6-14(7-5-11)8-15-9-18-16(24-15)10-19-25(22,23)17-12(2)20-21-13(17)3/h4-7,9,19H,8,10H2,1-3H3,(H,20,21). The van der Waals surface area contributed by atoms with Crippen molar-refractivity contribution in [3.63, 3.8) is 0 Å². The summed E-state index contributed by atoms with van der Waals surface area (Å²) in [6.07, 6.45) is 2.60. The van der Waals surface area contributed by atoms with E-state index in [1.54, 1.807) is 13.8 Å². The molecule has 0 unspecified atom stereocenters. The molecule has 0 aliphatic carbocycles. The highest BCUT2D eigenvalue weighted by atomic mass is 32.2. The van der Waals surface area contributed by atoms with Crippen LogP contribution in [-0.2, 0) is 23.0 Å². The van der Waals surface area contributed by atoms with Crippen molar-refractivity contribution in [2.45, 2.75) is 38.6 Å². The van der Waals surface area contributed by atoms with Gasteiger partial charge in [-0.3, -0.25) is 5.10 Å². The molecule has 2 aromatic heterocycles. The van der Waals surface area contributed by atoms with Gasteiger partial charge in [0.25, 0.3) is 0 Å². The molecule has 6 nitrogen and oxygen atoms in total. The number of rotatable bonds is 6. The fourth-order valence-electron chi connectivity index (χ4n) is 2.58. The van der Waals surface area contributed by atoms with E-state index in [0.29, 0.717) is 11.4 Å². The van der Waals surface area contributed by atoms with Gasteiger partial charge in [0, 0.05) is 17.5 Å². The Hall–Kier alpha value is -2.03. The number of hydrogen-bond donors (Lipinski definition) is 2. The number of thiazole rings is 1. The summed E-state index contributed by atoms with van der Waals surface area (Å²) < 4.78 is 27.5. The monoisotopic (exact) mass is 376 g/mol. The largest absolute Gasteiger partial charge is 0.281 e. The maximum atomic E-state index is 12.4. The van der Waals surface area contributed by atoms with Crippen LogP contribution in [-0.4, -0.2) is 23.6 Å². The summed E-state index contributed by atoms with van der Waals surface area (Å²) in [6, 6.07) is 8.37. The average Bonchev–Trinajstić information content (AvgIpc) is 3.14. The predicted octanol–water partition coefficient (Wildman–Crippen LogP) is 2.86. The second kappa shape index (κ2) is 7.07. The van der Waals surface area contributed by atoms with Gasteiger partial charge < -0.3 is 0 Å². The van der Waals surface area contributed by atoms with Crippen molar-refractivity contribution < 1.29 is 8.42 Å². The molecule has 132 valence electrons. The second-order valence-electron chi connectivity index (χ2n) is 5.97. The third-order valence-corrected chi connectivity index (χ3v) is 6.50. The van der Waals surface area contributed by atoms with E-state index in [2.05, 4.69) is 51.1 Å². The van der Waals surface area contributed by atoms with Gasteiger partial charge in [0.15, 0.2) is 0 Å². The summed E-state index contributed by atoms with van der Waals surface area (Å²) >= 11 is 1.52. The molecule has 8 heteroatoms. The molecule has 2 heterocycles. The molecule has 3 aromatic rings. The van der Waals surface area contributed by atoms with Gasteiger partial charge in [0.1, 0.15) is 9.90 Å². The van der Waals surface area contributed by atoms with Crippen LogP contribution in [0.2, 0.25) is 0 Å². The van der Waals surface area contributed by atoms with E-state index < -0.39 is 10.0 Å². The van der Waals surface area contributed by atoms with Gasteiger partial charge >= 0.3 is 0 Å². The maximum Gasteiger partial charge on any atom is 0.244 e. The molecule has 0 aliphatic rings. The van der Waals surface area contributed by atoms with E-state index in [-0.39, 0.29) is 11.4 Å². The van der Waals surface area contributed by atoms with Gasteiger partial charge in [-0.1, -0.05) is 29.8 Å².